The van der Waals surface area contributed by atoms with E-state index in [9.17, 15) is 10.2 Å². The van der Waals surface area contributed by atoms with Crippen LogP contribution in [-0.2, 0) is 0 Å². The lowest BCUT2D eigenvalue weighted by atomic mass is 10.0. The molecule has 0 fully saturated rings. The van der Waals surface area contributed by atoms with Gasteiger partial charge in [-0.3, -0.25) is 4.99 Å². The number of nitrogens with one attached hydrogen (secondary N) is 1. The first kappa shape index (κ1) is 16.3. The Kier molecular flexibility index (Phi) is 6.83. The summed E-state index contributed by atoms with van der Waals surface area (Å²) in [5.74, 6) is 0.339. The number of phenols is 1. The summed E-state index contributed by atoms with van der Waals surface area (Å²) >= 11 is 0. The van der Waals surface area contributed by atoms with Crippen LogP contribution in [-0.4, -0.2) is 35.4 Å². The molecular weight excluding hydrogens is 256 g/mol. The summed E-state index contributed by atoms with van der Waals surface area (Å²) in [5, 5.41) is 22.5. The number of aliphatic imine (C=N–C) groups is 1. The Hall–Kier alpha value is -1.79. The van der Waals surface area contributed by atoms with Crippen molar-refractivity contribution in [2.45, 2.75) is 31.8 Å². The van der Waals surface area contributed by atoms with Crippen LogP contribution in [0.2, 0.25) is 0 Å². The fourth-order valence-electron chi connectivity index (χ4n) is 2.07. The van der Waals surface area contributed by atoms with E-state index in [2.05, 4.69) is 10.3 Å². The molecule has 0 heterocycles. The average Bonchev–Trinajstić information content (AvgIpc) is 2.42. The van der Waals surface area contributed by atoms with Gasteiger partial charge in [0, 0.05) is 24.2 Å². The maximum absolute atomic E-state index is 9.79. The molecule has 0 saturated heterocycles. The van der Waals surface area contributed by atoms with E-state index in [0.29, 0.717) is 6.54 Å². The monoisotopic (exact) mass is 280 g/mol. The van der Waals surface area contributed by atoms with Crippen molar-refractivity contribution in [2.75, 3.05) is 13.2 Å². The van der Waals surface area contributed by atoms with E-state index >= 15 is 0 Å². The highest BCUT2D eigenvalue weighted by Crippen LogP contribution is 2.23. The van der Waals surface area contributed by atoms with Gasteiger partial charge in [-0.2, -0.15) is 0 Å². The van der Waals surface area contributed by atoms with Crippen LogP contribution in [0.4, 0.5) is 0 Å². The van der Waals surface area contributed by atoms with Crippen molar-refractivity contribution in [1.82, 2.24) is 5.32 Å². The Morgan fingerprint density at radius 2 is 2.05 bits per heavy atom. The summed E-state index contributed by atoms with van der Waals surface area (Å²) in [6, 6.07) is 7.07. The third kappa shape index (κ3) is 5.46. The highest BCUT2D eigenvalue weighted by Gasteiger charge is 2.14. The first-order chi connectivity index (χ1) is 9.54. The summed E-state index contributed by atoms with van der Waals surface area (Å²) < 4.78 is 0. The van der Waals surface area contributed by atoms with E-state index in [-0.39, 0.29) is 30.4 Å². The van der Waals surface area contributed by atoms with Crippen LogP contribution in [0, 0.1) is 0 Å². The number of nitrogens with zero attached hydrogens (tertiary/aromatic N) is 1. The number of benzene rings is 1. The first-order valence-corrected chi connectivity index (χ1v) is 6.74. The molecule has 112 valence electrons. The quantitative estimate of drug-likeness (QED) is 0.269. The summed E-state index contributed by atoms with van der Waals surface area (Å²) in [6.07, 6.45) is 1.54. The van der Waals surface area contributed by atoms with Gasteiger partial charge in [-0.25, -0.2) is 0 Å². The van der Waals surface area contributed by atoms with E-state index in [4.69, 9.17) is 11.5 Å². The van der Waals surface area contributed by atoms with Gasteiger partial charge in [-0.05, 0) is 25.8 Å². The lowest BCUT2D eigenvalue weighted by Gasteiger charge is -2.22. The van der Waals surface area contributed by atoms with Crippen LogP contribution < -0.4 is 16.8 Å². The number of rotatable bonds is 8. The minimum absolute atomic E-state index is 0.0275. The van der Waals surface area contributed by atoms with E-state index in [1.807, 2.05) is 19.1 Å². The number of phenolic OH excluding ortho intramolecular Hbond substituents is 1. The fourth-order valence-corrected chi connectivity index (χ4v) is 2.07. The van der Waals surface area contributed by atoms with E-state index in [1.54, 1.807) is 12.1 Å². The molecule has 0 aliphatic carbocycles. The molecular formula is C14H24N4O2. The van der Waals surface area contributed by atoms with Crippen LogP contribution >= 0.6 is 0 Å². The smallest absolute Gasteiger partial charge is 0.185 e. The van der Waals surface area contributed by atoms with Crippen LogP contribution in [0.3, 0.4) is 0 Å². The molecule has 0 bridgehead atoms. The van der Waals surface area contributed by atoms with Crippen molar-refractivity contribution < 1.29 is 10.2 Å². The number of aromatic hydroxyl groups is 1. The summed E-state index contributed by atoms with van der Waals surface area (Å²) in [5.41, 5.74) is 11.3. The van der Waals surface area contributed by atoms with Crippen molar-refractivity contribution >= 4 is 5.96 Å². The maximum atomic E-state index is 9.79. The highest BCUT2D eigenvalue weighted by molar-refractivity contribution is 5.75. The predicted molar refractivity (Wildman–Crippen MR) is 80.4 cm³/mol. The number of aliphatic hydroxyl groups excluding tert-OH is 1. The number of hydrogen-bond donors (Lipinski definition) is 5. The number of para-hydroxylation sites is 1. The molecule has 0 radical (unpaired) electrons. The molecule has 6 heteroatoms. The minimum Gasteiger partial charge on any atom is -0.508 e. The van der Waals surface area contributed by atoms with Crippen LogP contribution in [0.5, 0.6) is 5.75 Å². The molecule has 0 aromatic heterocycles. The van der Waals surface area contributed by atoms with Gasteiger partial charge in [0.1, 0.15) is 5.75 Å². The molecule has 0 amide bonds. The summed E-state index contributed by atoms with van der Waals surface area (Å²) in [4.78, 5) is 3.91. The maximum Gasteiger partial charge on any atom is 0.185 e. The van der Waals surface area contributed by atoms with Gasteiger partial charge >= 0.3 is 0 Å². The zero-order chi connectivity index (χ0) is 15.0. The molecule has 2 unspecified atom stereocenters. The number of nitrogens with two attached hydrogens (primary N) is 2. The zero-order valence-corrected chi connectivity index (χ0v) is 11.8. The molecule has 7 N–H and O–H groups in total. The van der Waals surface area contributed by atoms with Crippen LogP contribution in [0.25, 0.3) is 0 Å². The lowest BCUT2D eigenvalue weighted by molar-refractivity contribution is 0.224. The number of hydrogen-bond acceptors (Lipinski definition) is 4. The minimum atomic E-state index is -0.0567. The molecule has 1 rings (SSSR count). The normalized spacial score (nSPS) is 13.7. The average molecular weight is 280 g/mol. The lowest BCUT2D eigenvalue weighted by Crippen LogP contribution is -2.34. The highest BCUT2D eigenvalue weighted by atomic mass is 16.3. The number of aliphatic hydroxyl groups is 1. The molecule has 0 aliphatic heterocycles. The SMILES string of the molecule is CC(NC(CO)CCCN=C(N)N)c1ccccc1O. The second-order valence-electron chi connectivity index (χ2n) is 4.78. The van der Waals surface area contributed by atoms with Gasteiger partial charge in [-0.15, -0.1) is 0 Å². The largest absolute Gasteiger partial charge is 0.508 e. The second-order valence-corrected chi connectivity index (χ2v) is 4.78. The summed E-state index contributed by atoms with van der Waals surface area (Å²) in [6.45, 7) is 2.53. The van der Waals surface area contributed by atoms with Gasteiger partial charge in [0.2, 0.25) is 0 Å². The van der Waals surface area contributed by atoms with Gasteiger partial charge < -0.3 is 27.0 Å². The Balaban J connectivity index is 2.47. The topological polar surface area (TPSA) is 117 Å². The third-order valence-corrected chi connectivity index (χ3v) is 3.11. The molecule has 6 nitrogen and oxygen atoms in total. The third-order valence-electron chi connectivity index (χ3n) is 3.11. The van der Waals surface area contributed by atoms with Crippen molar-refractivity contribution in [1.29, 1.82) is 0 Å². The molecule has 0 aliphatic rings. The van der Waals surface area contributed by atoms with E-state index in [1.165, 1.54) is 0 Å². The number of guanidine groups is 1. The molecule has 0 saturated carbocycles. The molecule has 1 aromatic carbocycles. The molecule has 2 atom stereocenters. The predicted octanol–water partition coefficient (Wildman–Crippen LogP) is 0.457. The van der Waals surface area contributed by atoms with Crippen molar-refractivity contribution in [3.8, 4) is 5.75 Å². The van der Waals surface area contributed by atoms with Crippen molar-refractivity contribution in [3.63, 3.8) is 0 Å². The Morgan fingerprint density at radius 1 is 1.35 bits per heavy atom. The van der Waals surface area contributed by atoms with Gasteiger partial charge in [0.05, 0.1) is 6.61 Å². The van der Waals surface area contributed by atoms with Gasteiger partial charge in [0.15, 0.2) is 5.96 Å². The standard InChI is InChI=1S/C14H24N4O2/c1-10(12-6-2-3-7-13(12)20)18-11(9-19)5-4-8-17-14(15)16/h2-3,6-7,10-11,18-20H,4-5,8-9H2,1H3,(H4,15,16,17). The van der Waals surface area contributed by atoms with Crippen LogP contribution in [0.1, 0.15) is 31.4 Å². The Labute approximate surface area is 119 Å². The first-order valence-electron chi connectivity index (χ1n) is 6.74. The fraction of sp³-hybridized carbons (Fsp3) is 0.500. The zero-order valence-electron chi connectivity index (χ0n) is 11.8. The Bertz CT molecular complexity index is 433. The Morgan fingerprint density at radius 3 is 2.65 bits per heavy atom. The van der Waals surface area contributed by atoms with E-state index < -0.39 is 0 Å². The van der Waals surface area contributed by atoms with E-state index in [0.717, 1.165) is 18.4 Å². The molecule has 20 heavy (non-hydrogen) atoms. The van der Waals surface area contributed by atoms with Crippen LogP contribution in [0.15, 0.2) is 29.3 Å². The van der Waals surface area contributed by atoms with Crippen molar-refractivity contribution in [3.05, 3.63) is 29.8 Å². The molecule has 1 aromatic rings. The molecule has 0 spiro atoms. The summed E-state index contributed by atoms with van der Waals surface area (Å²) in [7, 11) is 0. The van der Waals surface area contributed by atoms with Gasteiger partial charge in [0.25, 0.3) is 0 Å². The van der Waals surface area contributed by atoms with Crippen molar-refractivity contribution in [2.24, 2.45) is 16.5 Å². The second kappa shape index (κ2) is 8.39. The van der Waals surface area contributed by atoms with Gasteiger partial charge in [-0.1, -0.05) is 18.2 Å².